The minimum atomic E-state index is -4.65. The van der Waals surface area contributed by atoms with Crippen molar-refractivity contribution in [3.05, 3.63) is 28.8 Å². The van der Waals surface area contributed by atoms with Crippen LogP contribution >= 0.6 is 11.6 Å². The second-order valence-corrected chi connectivity index (χ2v) is 15.7. The number of nitrogens with zero attached hydrogens (tertiary/aromatic N) is 3. The minimum Gasteiger partial charge on any atom is -0.444 e. The Morgan fingerprint density at radius 3 is 2.20 bits per heavy atom. The molecular formula is C28H41ClF3N3O5S. The molecule has 2 aliphatic rings. The lowest BCUT2D eigenvalue weighted by molar-refractivity contribution is -0.139. The number of amides is 2. The molecule has 0 N–H and O–H groups in total. The quantitative estimate of drug-likeness (QED) is 0.395. The summed E-state index contributed by atoms with van der Waals surface area (Å²) in [6.07, 6.45) is -3.51. The van der Waals surface area contributed by atoms with Gasteiger partial charge in [0.2, 0.25) is 15.9 Å². The van der Waals surface area contributed by atoms with Crippen molar-refractivity contribution >= 4 is 33.6 Å². The zero-order valence-corrected chi connectivity index (χ0v) is 26.5. The summed E-state index contributed by atoms with van der Waals surface area (Å²) < 4.78 is 72.8. The number of hydrogen-bond donors (Lipinski definition) is 0. The van der Waals surface area contributed by atoms with Gasteiger partial charge in [-0.1, -0.05) is 32.4 Å². The van der Waals surface area contributed by atoms with E-state index >= 15 is 0 Å². The minimum absolute atomic E-state index is 0.0251. The van der Waals surface area contributed by atoms with Crippen LogP contribution in [0.5, 0.6) is 0 Å². The van der Waals surface area contributed by atoms with Crippen LogP contribution in [0.25, 0.3) is 0 Å². The number of rotatable bonds is 6. The number of benzene rings is 1. The summed E-state index contributed by atoms with van der Waals surface area (Å²) in [5, 5.41) is -0.490. The average molecular weight is 624 g/mol. The zero-order valence-electron chi connectivity index (χ0n) is 24.9. The summed E-state index contributed by atoms with van der Waals surface area (Å²) in [5.74, 6) is -0.456. The van der Waals surface area contributed by atoms with E-state index in [1.165, 1.54) is 9.21 Å². The maximum Gasteiger partial charge on any atom is 0.416 e. The van der Waals surface area contributed by atoms with Gasteiger partial charge in [-0.25, -0.2) is 13.2 Å². The number of hydrogen-bond acceptors (Lipinski definition) is 5. The molecule has 1 saturated heterocycles. The van der Waals surface area contributed by atoms with E-state index in [4.69, 9.17) is 16.3 Å². The summed E-state index contributed by atoms with van der Waals surface area (Å²) in [6, 6.07) is 1.16. The first-order valence-corrected chi connectivity index (χ1v) is 15.4. The van der Waals surface area contributed by atoms with Gasteiger partial charge in [0.15, 0.2) is 0 Å². The Labute approximate surface area is 246 Å². The standard InChI is InChI=1S/C28H41ClF3N3O5S/c1-26(2,3)14-22(34(8)25(37)40-27(4,5)6)24(36)33(7)21-11-9-17-15-35(16-19(17)21)41(38,39)23-12-10-18(13-20(23)29)28(30,31)32/h10,12-13,17,19,21-22H,9,11,14-16H2,1-8H3/t17-,19+,21+,22+/m1/s1. The van der Waals surface area contributed by atoms with Crippen LogP contribution in [0.2, 0.25) is 5.02 Å². The lowest BCUT2D eigenvalue weighted by Crippen LogP contribution is -2.54. The molecule has 1 aliphatic carbocycles. The second kappa shape index (κ2) is 11.6. The van der Waals surface area contributed by atoms with E-state index in [-0.39, 0.29) is 47.2 Å². The predicted molar refractivity (Wildman–Crippen MR) is 150 cm³/mol. The van der Waals surface area contributed by atoms with Gasteiger partial charge in [-0.3, -0.25) is 9.69 Å². The van der Waals surface area contributed by atoms with Crippen LogP contribution < -0.4 is 0 Å². The molecule has 3 rings (SSSR count). The van der Waals surface area contributed by atoms with Crippen molar-refractivity contribution in [2.75, 3.05) is 27.2 Å². The number of carbonyl (C=O) groups is 2. The van der Waals surface area contributed by atoms with Gasteiger partial charge in [0, 0.05) is 33.2 Å². The maximum absolute atomic E-state index is 13.9. The molecule has 13 heteroatoms. The Hall–Kier alpha value is -2.05. The van der Waals surface area contributed by atoms with Gasteiger partial charge in [0.25, 0.3) is 0 Å². The lowest BCUT2D eigenvalue weighted by Gasteiger charge is -2.38. The Balaban J connectivity index is 1.81. The Morgan fingerprint density at radius 2 is 1.68 bits per heavy atom. The molecular weight excluding hydrogens is 583 g/mol. The highest BCUT2D eigenvalue weighted by Crippen LogP contribution is 2.43. The molecule has 0 unspecified atom stereocenters. The number of halogens is 4. The maximum atomic E-state index is 13.9. The van der Waals surface area contributed by atoms with Gasteiger partial charge in [0.05, 0.1) is 10.6 Å². The fourth-order valence-electron chi connectivity index (χ4n) is 5.73. The molecule has 0 radical (unpaired) electrons. The number of fused-ring (bicyclic) bond motifs is 1. The number of likely N-dealkylation sites (N-methyl/N-ethyl adjacent to an activating group) is 2. The van der Waals surface area contributed by atoms with Crippen molar-refractivity contribution in [3.63, 3.8) is 0 Å². The first-order valence-electron chi connectivity index (χ1n) is 13.6. The van der Waals surface area contributed by atoms with Crippen LogP contribution in [0.15, 0.2) is 23.1 Å². The molecule has 41 heavy (non-hydrogen) atoms. The highest BCUT2D eigenvalue weighted by molar-refractivity contribution is 7.89. The average Bonchev–Trinajstić information content (AvgIpc) is 3.40. The smallest absolute Gasteiger partial charge is 0.416 e. The Kier molecular flexibility index (Phi) is 9.43. The molecule has 1 saturated carbocycles. The molecule has 1 aliphatic heterocycles. The third-order valence-corrected chi connectivity index (χ3v) is 10.1. The van der Waals surface area contributed by atoms with E-state index in [9.17, 15) is 31.2 Å². The fraction of sp³-hybridized carbons (Fsp3) is 0.714. The van der Waals surface area contributed by atoms with Crippen molar-refractivity contribution in [3.8, 4) is 0 Å². The largest absolute Gasteiger partial charge is 0.444 e. The van der Waals surface area contributed by atoms with E-state index in [1.54, 1.807) is 39.8 Å². The molecule has 1 aromatic rings. The van der Waals surface area contributed by atoms with Crippen LogP contribution in [0.3, 0.4) is 0 Å². The number of alkyl halides is 3. The SMILES string of the molecule is CN(C(=O)OC(C)(C)C)[C@@H](CC(C)(C)C)C(=O)N(C)[C@H]1CC[C@@H]2CN(S(=O)(=O)c3ccc(C(F)(F)F)cc3Cl)C[C@@H]21. The van der Waals surface area contributed by atoms with E-state index < -0.39 is 44.5 Å². The van der Waals surface area contributed by atoms with Gasteiger partial charge in [-0.05, 0) is 75.5 Å². The van der Waals surface area contributed by atoms with Crippen LogP contribution in [-0.4, -0.2) is 79.4 Å². The van der Waals surface area contributed by atoms with Gasteiger partial charge in [-0.2, -0.15) is 17.5 Å². The van der Waals surface area contributed by atoms with E-state index in [0.29, 0.717) is 31.4 Å². The molecule has 0 spiro atoms. The molecule has 4 atom stereocenters. The third kappa shape index (κ3) is 7.67. The van der Waals surface area contributed by atoms with Crippen molar-refractivity contribution in [1.82, 2.24) is 14.1 Å². The second-order valence-electron chi connectivity index (χ2n) is 13.4. The summed E-state index contributed by atoms with van der Waals surface area (Å²) in [7, 11) is -0.939. The summed E-state index contributed by atoms with van der Waals surface area (Å²) >= 11 is 6.02. The van der Waals surface area contributed by atoms with E-state index in [2.05, 4.69) is 0 Å². The zero-order chi connectivity index (χ0) is 31.3. The van der Waals surface area contributed by atoms with Crippen molar-refractivity contribution < 1.29 is 35.9 Å². The molecule has 2 amide bonds. The molecule has 232 valence electrons. The van der Waals surface area contributed by atoms with Crippen molar-refractivity contribution in [2.45, 2.75) is 89.6 Å². The Morgan fingerprint density at radius 1 is 1.07 bits per heavy atom. The highest BCUT2D eigenvalue weighted by atomic mass is 35.5. The molecule has 0 aromatic heterocycles. The summed E-state index contributed by atoms with van der Waals surface area (Å²) in [4.78, 5) is 29.4. The molecule has 8 nitrogen and oxygen atoms in total. The molecule has 1 aromatic carbocycles. The van der Waals surface area contributed by atoms with Crippen LogP contribution in [-0.2, 0) is 25.7 Å². The fourth-order valence-corrected chi connectivity index (χ4v) is 7.78. The van der Waals surface area contributed by atoms with E-state index in [1.807, 2.05) is 20.8 Å². The predicted octanol–water partition coefficient (Wildman–Crippen LogP) is 5.89. The van der Waals surface area contributed by atoms with Crippen LogP contribution in [0.4, 0.5) is 18.0 Å². The summed E-state index contributed by atoms with van der Waals surface area (Å²) in [5.41, 5.74) is -2.05. The number of carbonyl (C=O) groups excluding carboxylic acids is 2. The molecule has 2 fully saturated rings. The highest BCUT2D eigenvalue weighted by Gasteiger charge is 2.50. The van der Waals surface area contributed by atoms with Crippen molar-refractivity contribution in [2.24, 2.45) is 17.3 Å². The lowest BCUT2D eigenvalue weighted by atomic mass is 9.86. The van der Waals surface area contributed by atoms with Crippen LogP contribution in [0, 0.1) is 17.3 Å². The van der Waals surface area contributed by atoms with Crippen LogP contribution in [0.1, 0.15) is 66.4 Å². The Bertz CT molecular complexity index is 1260. The van der Waals surface area contributed by atoms with Gasteiger partial charge >= 0.3 is 12.3 Å². The van der Waals surface area contributed by atoms with E-state index in [0.717, 1.165) is 6.07 Å². The first-order chi connectivity index (χ1) is 18.5. The van der Waals surface area contributed by atoms with Gasteiger partial charge < -0.3 is 9.64 Å². The topological polar surface area (TPSA) is 87.2 Å². The third-order valence-electron chi connectivity index (χ3n) is 7.75. The number of ether oxygens (including phenoxy) is 1. The molecule has 0 bridgehead atoms. The molecule has 1 heterocycles. The van der Waals surface area contributed by atoms with Gasteiger partial charge in [-0.15, -0.1) is 0 Å². The first kappa shape index (κ1) is 33.5. The van der Waals surface area contributed by atoms with Gasteiger partial charge in [0.1, 0.15) is 16.5 Å². The monoisotopic (exact) mass is 623 g/mol. The van der Waals surface area contributed by atoms with Crippen molar-refractivity contribution in [1.29, 1.82) is 0 Å². The normalized spacial score (nSPS) is 22.8. The summed E-state index contributed by atoms with van der Waals surface area (Å²) in [6.45, 7) is 11.5. The number of sulfonamides is 1.